The van der Waals surface area contributed by atoms with Gasteiger partial charge < -0.3 is 24.1 Å². The smallest absolute Gasteiger partial charge is 0.186 e. The summed E-state index contributed by atoms with van der Waals surface area (Å²) in [4.78, 5) is 0. The summed E-state index contributed by atoms with van der Waals surface area (Å²) in [5.74, 6) is -2.82. The highest BCUT2D eigenvalue weighted by molar-refractivity contribution is 4.94. The summed E-state index contributed by atoms with van der Waals surface area (Å²) in [6.07, 6.45) is -5.29. The van der Waals surface area contributed by atoms with Crippen LogP contribution in [0, 0.1) is 0 Å². The fraction of sp³-hybridized carbons (Fsp3) is 1.00. The minimum atomic E-state index is -3.07. The van der Waals surface area contributed by atoms with Crippen LogP contribution in [0.4, 0.5) is 0 Å². The van der Waals surface area contributed by atoms with Crippen LogP contribution in [0.15, 0.2) is 0 Å². The number of ether oxygens (including phenoxy) is 4. The average molecular weight is 224 g/mol. The molecule has 2 rings (SSSR count). The van der Waals surface area contributed by atoms with Gasteiger partial charge in [-0.25, -0.2) is 0 Å². The zero-order valence-electron chi connectivity index (χ0n) is 14.5. The van der Waals surface area contributed by atoms with Crippen LogP contribution < -0.4 is 0 Å². The van der Waals surface area contributed by atoms with Crippen LogP contribution in [0.3, 0.4) is 0 Å². The molecule has 0 aromatic carbocycles. The maximum Gasteiger partial charge on any atom is 0.186 e. The van der Waals surface area contributed by atoms with E-state index in [-0.39, 0.29) is 0 Å². The first kappa shape index (κ1) is 5.93. The van der Waals surface area contributed by atoms with Crippen molar-refractivity contribution in [3.63, 3.8) is 0 Å². The van der Waals surface area contributed by atoms with Gasteiger partial charge in [0.05, 0.1) is 6.10 Å². The largest absolute Gasteiger partial charge is 0.388 e. The summed E-state index contributed by atoms with van der Waals surface area (Å²) < 4.78 is 65.8. The number of rotatable bonds is 1. The van der Waals surface area contributed by atoms with Gasteiger partial charge in [-0.1, -0.05) is 0 Å². The second-order valence-electron chi connectivity index (χ2n) is 3.72. The van der Waals surface area contributed by atoms with E-state index in [1.165, 1.54) is 7.11 Å². The Kier molecular flexibility index (Phi) is 1.45. The first-order valence-electron chi connectivity index (χ1n) is 7.66. The minimum Gasteiger partial charge on any atom is -0.388 e. The lowest BCUT2D eigenvalue weighted by molar-refractivity contribution is -0.262. The molecule has 2 aliphatic heterocycles. The predicted molar refractivity (Wildman–Crippen MR) is 51.2 cm³/mol. The molecule has 1 N–H and O–H groups in total. The third-order valence-corrected chi connectivity index (χ3v) is 2.59. The van der Waals surface area contributed by atoms with Gasteiger partial charge >= 0.3 is 0 Å². The van der Waals surface area contributed by atoms with Crippen LogP contribution in [0.25, 0.3) is 0 Å². The van der Waals surface area contributed by atoms with Crippen molar-refractivity contribution in [1.29, 1.82) is 0 Å². The molecule has 2 aliphatic rings. The first-order chi connectivity index (χ1) is 9.44. The number of fused-ring (bicyclic) bond motifs is 1. The Balaban J connectivity index is 2.42. The Morgan fingerprint density at radius 2 is 2.00 bits per heavy atom. The van der Waals surface area contributed by atoms with E-state index in [0.29, 0.717) is 0 Å². The van der Waals surface area contributed by atoms with Crippen molar-refractivity contribution in [2.75, 3.05) is 7.11 Å². The van der Waals surface area contributed by atoms with Gasteiger partial charge in [0.1, 0.15) is 18.3 Å². The maximum atomic E-state index is 10.1. The SMILES string of the molecule is [2H]C([2H])([2H])C1(C([2H])([2H])[2H])O[C@@H]2[C@@H](O)[C@H](C)O[C@@H](OC)[C@@H]2O1. The molecule has 15 heavy (non-hydrogen) atoms. The van der Waals surface area contributed by atoms with Gasteiger partial charge in [0.15, 0.2) is 12.1 Å². The summed E-state index contributed by atoms with van der Waals surface area (Å²) in [5.41, 5.74) is 0. The molecule has 0 aromatic heterocycles. The fourth-order valence-electron chi connectivity index (χ4n) is 1.85. The molecule has 0 amide bonds. The Bertz CT molecular complexity index is 374. The van der Waals surface area contributed by atoms with E-state index in [2.05, 4.69) is 0 Å². The molecule has 2 heterocycles. The Hall–Kier alpha value is -0.200. The summed E-state index contributed by atoms with van der Waals surface area (Å²) in [6.45, 7) is -4.60. The standard InChI is InChI=1S/C10H18O5/c1-5-6(11)7-8(9(12-4)13-5)15-10(2,3)14-7/h5-9,11H,1-4H3/t5-,6-,7+,8+,9+/m0/s1/i2D3,3D3. The summed E-state index contributed by atoms with van der Waals surface area (Å²) in [5, 5.41) is 10.1. The van der Waals surface area contributed by atoms with Gasteiger partial charge in [0, 0.05) is 15.3 Å². The molecular formula is C10H18O5. The van der Waals surface area contributed by atoms with Gasteiger partial charge in [0.25, 0.3) is 0 Å². The molecule has 5 atom stereocenters. The molecule has 0 radical (unpaired) electrons. The number of aliphatic hydroxyl groups is 1. The molecule has 0 aliphatic carbocycles. The third kappa shape index (κ3) is 1.90. The van der Waals surface area contributed by atoms with Crippen LogP contribution in [-0.4, -0.2) is 48.7 Å². The molecule has 5 nitrogen and oxygen atoms in total. The van der Waals surface area contributed by atoms with Gasteiger partial charge in [-0.15, -0.1) is 0 Å². The number of hydrogen-bond donors (Lipinski definition) is 1. The van der Waals surface area contributed by atoms with E-state index in [1.807, 2.05) is 0 Å². The van der Waals surface area contributed by atoms with E-state index in [9.17, 15) is 5.11 Å². The second-order valence-corrected chi connectivity index (χ2v) is 3.72. The summed E-state index contributed by atoms with van der Waals surface area (Å²) >= 11 is 0. The molecule has 0 unspecified atom stereocenters. The van der Waals surface area contributed by atoms with Crippen molar-refractivity contribution in [1.82, 2.24) is 0 Å². The van der Waals surface area contributed by atoms with E-state index < -0.39 is 50.2 Å². The monoisotopic (exact) mass is 224 g/mol. The van der Waals surface area contributed by atoms with Crippen LogP contribution in [0.5, 0.6) is 0 Å². The van der Waals surface area contributed by atoms with Gasteiger partial charge in [-0.05, 0) is 20.6 Å². The lowest BCUT2D eigenvalue weighted by Gasteiger charge is -2.37. The number of hydrogen-bond acceptors (Lipinski definition) is 5. The average Bonchev–Trinajstić information content (AvgIpc) is 2.74. The van der Waals surface area contributed by atoms with Crippen molar-refractivity contribution in [3.8, 4) is 0 Å². The van der Waals surface area contributed by atoms with Crippen molar-refractivity contribution in [3.05, 3.63) is 0 Å². The van der Waals surface area contributed by atoms with Gasteiger partial charge in [0.2, 0.25) is 0 Å². The lowest BCUT2D eigenvalue weighted by Crippen LogP contribution is -2.55. The number of methoxy groups -OCH3 is 1. The molecule has 5 heteroatoms. The lowest BCUT2D eigenvalue weighted by atomic mass is 10.0. The van der Waals surface area contributed by atoms with Crippen molar-refractivity contribution in [2.45, 2.75) is 57.1 Å². The van der Waals surface area contributed by atoms with Crippen molar-refractivity contribution >= 4 is 0 Å². The molecule has 0 saturated carbocycles. The van der Waals surface area contributed by atoms with Crippen LogP contribution in [0.2, 0.25) is 0 Å². The minimum absolute atomic E-state index is 0.719. The van der Waals surface area contributed by atoms with Crippen LogP contribution >= 0.6 is 0 Å². The van der Waals surface area contributed by atoms with Crippen LogP contribution in [0.1, 0.15) is 28.9 Å². The molecule has 2 fully saturated rings. The summed E-state index contributed by atoms with van der Waals surface area (Å²) in [7, 11) is 1.31. The summed E-state index contributed by atoms with van der Waals surface area (Å²) in [6, 6.07) is 0. The Morgan fingerprint density at radius 1 is 1.33 bits per heavy atom. The third-order valence-electron chi connectivity index (χ3n) is 2.59. The first-order valence-corrected chi connectivity index (χ1v) is 4.66. The zero-order chi connectivity index (χ0) is 16.2. The topological polar surface area (TPSA) is 57.2 Å². The maximum absolute atomic E-state index is 10.1. The van der Waals surface area contributed by atoms with Gasteiger partial charge in [-0.3, -0.25) is 0 Å². The van der Waals surface area contributed by atoms with E-state index in [4.69, 9.17) is 27.2 Å². The Labute approximate surface area is 97.7 Å². The van der Waals surface area contributed by atoms with Crippen LogP contribution in [-0.2, 0) is 18.9 Å². The highest BCUT2D eigenvalue weighted by atomic mass is 16.8. The van der Waals surface area contributed by atoms with E-state index in [1.54, 1.807) is 6.92 Å². The molecule has 0 spiro atoms. The van der Waals surface area contributed by atoms with Crippen molar-refractivity contribution < 1.29 is 32.3 Å². The molecule has 0 aromatic rings. The zero-order valence-corrected chi connectivity index (χ0v) is 8.47. The molecule has 88 valence electrons. The molecule has 0 bridgehead atoms. The predicted octanol–water partition coefficient (Wildman–Crippen LogP) is 0.259. The van der Waals surface area contributed by atoms with Crippen molar-refractivity contribution in [2.24, 2.45) is 0 Å². The van der Waals surface area contributed by atoms with E-state index >= 15 is 0 Å². The quantitative estimate of drug-likeness (QED) is 0.692. The van der Waals surface area contributed by atoms with E-state index in [0.717, 1.165) is 0 Å². The highest BCUT2D eigenvalue weighted by Gasteiger charge is 2.54. The highest BCUT2D eigenvalue weighted by Crippen LogP contribution is 2.37. The normalized spacial score (nSPS) is 56.6. The fourth-order valence-corrected chi connectivity index (χ4v) is 1.85. The van der Waals surface area contributed by atoms with Gasteiger partial charge in [-0.2, -0.15) is 0 Å². The molecular weight excluding hydrogens is 200 g/mol. The number of aliphatic hydroxyl groups excluding tert-OH is 1. The second kappa shape index (κ2) is 3.68. The molecule has 2 saturated heterocycles. The Morgan fingerprint density at radius 3 is 2.60 bits per heavy atom.